The Morgan fingerprint density at radius 3 is 2.88 bits per heavy atom. The van der Waals surface area contributed by atoms with Crippen LogP contribution >= 0.6 is 0 Å². The van der Waals surface area contributed by atoms with E-state index in [9.17, 15) is 4.79 Å². The SMILES string of the molecule is CCO[C@@H]1C[C@H](N(C)CC(=O)NCc2ccccn2)C12CCCC2. The van der Waals surface area contributed by atoms with Gasteiger partial charge in [-0.2, -0.15) is 0 Å². The first kappa shape index (κ1) is 17.4. The zero-order valence-electron chi connectivity index (χ0n) is 14.8. The van der Waals surface area contributed by atoms with E-state index in [1.807, 2.05) is 18.2 Å². The summed E-state index contributed by atoms with van der Waals surface area (Å²) in [6, 6.07) is 6.21. The number of amides is 1. The number of carbonyl (C=O) groups excluding carboxylic acids is 1. The van der Waals surface area contributed by atoms with Gasteiger partial charge in [-0.3, -0.25) is 14.7 Å². The number of hydrogen-bond acceptors (Lipinski definition) is 4. The molecular weight excluding hydrogens is 302 g/mol. The smallest absolute Gasteiger partial charge is 0.234 e. The van der Waals surface area contributed by atoms with E-state index >= 15 is 0 Å². The minimum absolute atomic E-state index is 0.0659. The number of pyridine rings is 1. The highest BCUT2D eigenvalue weighted by Gasteiger charge is 2.57. The maximum atomic E-state index is 12.3. The van der Waals surface area contributed by atoms with Crippen molar-refractivity contribution < 1.29 is 9.53 Å². The highest BCUT2D eigenvalue weighted by atomic mass is 16.5. The Morgan fingerprint density at radius 2 is 2.21 bits per heavy atom. The van der Waals surface area contributed by atoms with Crippen LogP contribution in [-0.4, -0.2) is 48.1 Å². The maximum Gasteiger partial charge on any atom is 0.234 e. The average molecular weight is 331 g/mol. The van der Waals surface area contributed by atoms with Gasteiger partial charge in [0.05, 0.1) is 24.9 Å². The summed E-state index contributed by atoms with van der Waals surface area (Å²) in [6.45, 7) is 3.79. The molecule has 0 unspecified atom stereocenters. The fourth-order valence-corrected chi connectivity index (χ4v) is 4.55. The molecule has 2 saturated carbocycles. The second-order valence-electron chi connectivity index (χ2n) is 7.15. The summed E-state index contributed by atoms with van der Waals surface area (Å²) in [5.74, 6) is 0.0659. The van der Waals surface area contributed by atoms with E-state index in [-0.39, 0.29) is 11.3 Å². The molecule has 24 heavy (non-hydrogen) atoms. The van der Waals surface area contributed by atoms with E-state index in [0.717, 1.165) is 18.7 Å². The van der Waals surface area contributed by atoms with Crippen molar-refractivity contribution in [3.8, 4) is 0 Å². The van der Waals surface area contributed by atoms with Gasteiger partial charge in [0.2, 0.25) is 5.91 Å². The lowest BCUT2D eigenvalue weighted by Gasteiger charge is -2.57. The van der Waals surface area contributed by atoms with E-state index in [0.29, 0.717) is 25.2 Å². The maximum absolute atomic E-state index is 12.3. The van der Waals surface area contributed by atoms with Crippen LogP contribution in [-0.2, 0) is 16.1 Å². The van der Waals surface area contributed by atoms with E-state index in [2.05, 4.69) is 29.2 Å². The van der Waals surface area contributed by atoms with Gasteiger partial charge in [-0.1, -0.05) is 18.9 Å². The van der Waals surface area contributed by atoms with E-state index in [1.54, 1.807) is 6.20 Å². The van der Waals surface area contributed by atoms with E-state index in [1.165, 1.54) is 25.7 Å². The molecule has 1 amide bonds. The topological polar surface area (TPSA) is 54.5 Å². The Hall–Kier alpha value is -1.46. The molecule has 1 spiro atoms. The van der Waals surface area contributed by atoms with Crippen LogP contribution in [0.5, 0.6) is 0 Å². The van der Waals surface area contributed by atoms with Crippen molar-refractivity contribution in [2.75, 3.05) is 20.2 Å². The Labute approximate surface area is 144 Å². The second kappa shape index (κ2) is 7.62. The van der Waals surface area contributed by atoms with Gasteiger partial charge in [0.25, 0.3) is 0 Å². The van der Waals surface area contributed by atoms with Crippen LogP contribution in [0.25, 0.3) is 0 Å². The third kappa shape index (κ3) is 3.47. The van der Waals surface area contributed by atoms with Crippen LogP contribution in [0.15, 0.2) is 24.4 Å². The molecule has 1 aromatic heterocycles. The second-order valence-corrected chi connectivity index (χ2v) is 7.15. The predicted octanol–water partition coefficient (Wildman–Crippen LogP) is 2.37. The van der Waals surface area contributed by atoms with Crippen molar-refractivity contribution in [2.24, 2.45) is 5.41 Å². The highest BCUT2D eigenvalue weighted by Crippen LogP contribution is 2.56. The van der Waals surface area contributed by atoms with Crippen LogP contribution in [0.4, 0.5) is 0 Å². The molecule has 0 saturated heterocycles. The summed E-state index contributed by atoms with van der Waals surface area (Å²) in [5.41, 5.74) is 1.17. The zero-order valence-corrected chi connectivity index (χ0v) is 14.8. The van der Waals surface area contributed by atoms with Crippen LogP contribution < -0.4 is 5.32 Å². The first-order chi connectivity index (χ1) is 11.7. The van der Waals surface area contributed by atoms with Crippen LogP contribution in [0.1, 0.15) is 44.7 Å². The molecule has 1 heterocycles. The lowest BCUT2D eigenvalue weighted by molar-refractivity contribution is -0.163. The molecule has 5 heteroatoms. The van der Waals surface area contributed by atoms with Crippen LogP contribution in [0.2, 0.25) is 0 Å². The monoisotopic (exact) mass is 331 g/mol. The fraction of sp³-hybridized carbons (Fsp3) is 0.684. The van der Waals surface area contributed by atoms with E-state index < -0.39 is 0 Å². The molecule has 2 aliphatic carbocycles. The summed E-state index contributed by atoms with van der Waals surface area (Å²) < 4.78 is 5.97. The van der Waals surface area contributed by atoms with E-state index in [4.69, 9.17) is 4.74 Å². The molecular formula is C19H29N3O2. The minimum Gasteiger partial charge on any atom is -0.378 e. The number of carbonyl (C=O) groups is 1. The quantitative estimate of drug-likeness (QED) is 0.833. The van der Waals surface area contributed by atoms with Gasteiger partial charge < -0.3 is 10.1 Å². The number of likely N-dealkylation sites (N-methyl/N-ethyl adjacent to an activating group) is 1. The van der Waals surface area contributed by atoms with Gasteiger partial charge in [0, 0.05) is 24.3 Å². The largest absolute Gasteiger partial charge is 0.378 e. The number of aromatic nitrogens is 1. The molecule has 0 radical (unpaired) electrons. The number of nitrogens with one attached hydrogen (secondary N) is 1. The fourth-order valence-electron chi connectivity index (χ4n) is 4.55. The summed E-state index contributed by atoms with van der Waals surface area (Å²) >= 11 is 0. The first-order valence-corrected chi connectivity index (χ1v) is 9.14. The van der Waals surface area contributed by atoms with Crippen molar-refractivity contribution in [3.05, 3.63) is 30.1 Å². The molecule has 5 nitrogen and oxygen atoms in total. The highest BCUT2D eigenvalue weighted by molar-refractivity contribution is 5.78. The molecule has 132 valence electrons. The van der Waals surface area contributed by atoms with Gasteiger partial charge in [-0.25, -0.2) is 0 Å². The lowest BCUT2D eigenvalue weighted by Crippen LogP contribution is -2.63. The lowest BCUT2D eigenvalue weighted by atomic mass is 9.60. The average Bonchev–Trinajstić information content (AvgIpc) is 3.10. The molecule has 2 atom stereocenters. The standard InChI is InChI=1S/C19H29N3O2/c1-3-24-17-12-16(19(17)9-5-6-10-19)22(2)14-18(23)21-13-15-8-4-7-11-20-15/h4,7-8,11,16-17H,3,5-6,9-10,12-14H2,1-2H3,(H,21,23)/t16-,17+/m0/s1. The predicted molar refractivity (Wildman–Crippen MR) is 93.4 cm³/mol. The van der Waals surface area contributed by atoms with Gasteiger partial charge in [-0.15, -0.1) is 0 Å². The molecule has 0 aromatic carbocycles. The Balaban J connectivity index is 1.51. The molecule has 3 rings (SSSR count). The zero-order chi connectivity index (χ0) is 17.0. The third-order valence-electron chi connectivity index (χ3n) is 5.76. The Morgan fingerprint density at radius 1 is 1.42 bits per heavy atom. The molecule has 1 N–H and O–H groups in total. The van der Waals surface area contributed by atoms with Gasteiger partial charge in [0.1, 0.15) is 0 Å². The first-order valence-electron chi connectivity index (χ1n) is 9.14. The molecule has 2 fully saturated rings. The van der Waals surface area contributed by atoms with Crippen LogP contribution in [0.3, 0.4) is 0 Å². The number of hydrogen-bond donors (Lipinski definition) is 1. The van der Waals surface area contributed by atoms with Crippen molar-refractivity contribution in [1.82, 2.24) is 15.2 Å². The summed E-state index contributed by atoms with van der Waals surface area (Å²) in [7, 11) is 2.08. The van der Waals surface area contributed by atoms with Gasteiger partial charge >= 0.3 is 0 Å². The van der Waals surface area contributed by atoms with Gasteiger partial charge in [0.15, 0.2) is 0 Å². The third-order valence-corrected chi connectivity index (χ3v) is 5.76. The van der Waals surface area contributed by atoms with Crippen molar-refractivity contribution in [3.63, 3.8) is 0 Å². The van der Waals surface area contributed by atoms with Crippen LogP contribution in [0, 0.1) is 5.41 Å². The Kier molecular flexibility index (Phi) is 5.51. The summed E-state index contributed by atoms with van der Waals surface area (Å²) in [4.78, 5) is 18.7. The Bertz CT molecular complexity index is 543. The minimum atomic E-state index is 0.0659. The molecule has 0 bridgehead atoms. The number of ether oxygens (including phenoxy) is 1. The molecule has 1 aromatic rings. The van der Waals surface area contributed by atoms with Crippen molar-refractivity contribution in [1.29, 1.82) is 0 Å². The number of rotatable bonds is 7. The number of nitrogens with zero attached hydrogens (tertiary/aromatic N) is 2. The normalized spacial score (nSPS) is 25.0. The molecule has 0 aliphatic heterocycles. The van der Waals surface area contributed by atoms with Crippen molar-refractivity contribution >= 4 is 5.91 Å². The van der Waals surface area contributed by atoms with Crippen molar-refractivity contribution in [2.45, 2.75) is 57.7 Å². The molecule has 2 aliphatic rings. The summed E-state index contributed by atoms with van der Waals surface area (Å²) in [5, 5.41) is 2.97. The van der Waals surface area contributed by atoms with Gasteiger partial charge in [-0.05, 0) is 45.4 Å². The summed E-state index contributed by atoms with van der Waals surface area (Å²) in [6.07, 6.45) is 8.25.